The normalized spacial score (nSPS) is 14.6. The van der Waals surface area contributed by atoms with Crippen LogP contribution in [0.4, 0.5) is 11.6 Å². The molecule has 2 aromatic heterocycles. The molecule has 0 saturated heterocycles. The van der Waals surface area contributed by atoms with Crippen molar-refractivity contribution in [3.63, 3.8) is 0 Å². The maximum absolute atomic E-state index is 13.8. The van der Waals surface area contributed by atoms with Crippen LogP contribution in [-0.4, -0.2) is 42.0 Å². The molecule has 5 rings (SSSR count). The van der Waals surface area contributed by atoms with Gasteiger partial charge in [0, 0.05) is 17.3 Å². The van der Waals surface area contributed by atoms with Gasteiger partial charge in [-0.15, -0.1) is 16.4 Å². The summed E-state index contributed by atoms with van der Waals surface area (Å²) in [7, 11) is 4.75. The Bertz CT molecular complexity index is 1440. The number of carbonyl (C=O) groups is 1. The van der Waals surface area contributed by atoms with Crippen molar-refractivity contribution >= 4 is 28.9 Å². The Labute approximate surface area is 212 Å². The molecule has 3 heterocycles. The van der Waals surface area contributed by atoms with E-state index in [0.29, 0.717) is 46.0 Å². The Kier molecular flexibility index (Phi) is 6.34. The number of nitrogens with one attached hydrogen (secondary N) is 2. The van der Waals surface area contributed by atoms with E-state index in [4.69, 9.17) is 24.3 Å². The van der Waals surface area contributed by atoms with Gasteiger partial charge in [0.25, 0.3) is 5.91 Å². The molecule has 0 aliphatic carbocycles. The van der Waals surface area contributed by atoms with E-state index in [9.17, 15) is 4.79 Å². The fourth-order valence-electron chi connectivity index (χ4n) is 4.22. The van der Waals surface area contributed by atoms with Crippen molar-refractivity contribution in [3.05, 3.63) is 76.8 Å². The van der Waals surface area contributed by atoms with Crippen LogP contribution in [0.2, 0.25) is 0 Å². The maximum Gasteiger partial charge on any atom is 0.255 e. The van der Waals surface area contributed by atoms with E-state index in [-0.39, 0.29) is 5.91 Å². The Balaban J connectivity index is 1.64. The predicted molar refractivity (Wildman–Crippen MR) is 139 cm³/mol. The van der Waals surface area contributed by atoms with Crippen LogP contribution >= 0.6 is 11.3 Å². The standard InChI is InChI=1S/C26H25N5O4S/c1-15-22(25(32)28-18-8-5-6-9-19(18)34-3)23(17-12-11-16(33-2)14-20(17)35-4)31-26(27-15)29-24(30-31)21-10-7-13-36-21/h5-14,23H,1-4H3,(H,28,32)(H,27,29,30). The van der Waals surface area contributed by atoms with Crippen molar-refractivity contribution in [2.75, 3.05) is 32.0 Å². The lowest BCUT2D eigenvalue weighted by Gasteiger charge is -2.29. The molecular formula is C26H25N5O4S. The van der Waals surface area contributed by atoms with Crippen LogP contribution in [0.15, 0.2) is 71.2 Å². The minimum absolute atomic E-state index is 0.300. The van der Waals surface area contributed by atoms with Crippen molar-refractivity contribution in [1.29, 1.82) is 0 Å². The van der Waals surface area contributed by atoms with Gasteiger partial charge >= 0.3 is 0 Å². The number of nitrogens with zero attached hydrogens (tertiary/aromatic N) is 3. The third-order valence-corrected chi connectivity index (χ3v) is 6.79. The molecule has 36 heavy (non-hydrogen) atoms. The predicted octanol–water partition coefficient (Wildman–Crippen LogP) is 4.96. The summed E-state index contributed by atoms with van der Waals surface area (Å²) in [6, 6.07) is 16.1. The molecule has 0 saturated carbocycles. The van der Waals surface area contributed by atoms with E-state index >= 15 is 0 Å². The van der Waals surface area contributed by atoms with Crippen molar-refractivity contribution in [2.45, 2.75) is 13.0 Å². The number of fused-ring (bicyclic) bond motifs is 1. The lowest BCUT2D eigenvalue weighted by Crippen LogP contribution is -2.31. The van der Waals surface area contributed by atoms with Crippen LogP contribution < -0.4 is 24.8 Å². The van der Waals surface area contributed by atoms with Crippen LogP contribution in [-0.2, 0) is 4.79 Å². The van der Waals surface area contributed by atoms with Crippen molar-refractivity contribution in [2.24, 2.45) is 0 Å². The van der Waals surface area contributed by atoms with Crippen molar-refractivity contribution in [3.8, 4) is 28.0 Å². The van der Waals surface area contributed by atoms with Gasteiger partial charge in [0.15, 0.2) is 5.82 Å². The van der Waals surface area contributed by atoms with Gasteiger partial charge in [-0.1, -0.05) is 18.2 Å². The topological polar surface area (TPSA) is 99.5 Å². The van der Waals surface area contributed by atoms with Gasteiger partial charge in [0.05, 0.1) is 37.5 Å². The molecule has 184 valence electrons. The third kappa shape index (κ3) is 4.16. The van der Waals surface area contributed by atoms with E-state index < -0.39 is 6.04 Å². The minimum atomic E-state index is -0.613. The summed E-state index contributed by atoms with van der Waals surface area (Å²) in [5.74, 6) is 2.58. The van der Waals surface area contributed by atoms with E-state index in [0.717, 1.165) is 10.4 Å². The first-order valence-corrected chi connectivity index (χ1v) is 12.1. The number of carbonyl (C=O) groups excluding carboxylic acids is 1. The molecule has 2 N–H and O–H groups in total. The zero-order valence-electron chi connectivity index (χ0n) is 20.2. The molecule has 1 amide bonds. The van der Waals surface area contributed by atoms with Crippen LogP contribution in [0.5, 0.6) is 17.2 Å². The highest BCUT2D eigenvalue weighted by molar-refractivity contribution is 7.13. The second-order valence-electron chi connectivity index (χ2n) is 8.01. The van der Waals surface area contributed by atoms with E-state index in [1.165, 1.54) is 0 Å². The quantitative estimate of drug-likeness (QED) is 0.368. The summed E-state index contributed by atoms with van der Waals surface area (Å²) in [6.07, 6.45) is 0. The third-order valence-electron chi connectivity index (χ3n) is 5.93. The molecule has 2 aromatic carbocycles. The monoisotopic (exact) mass is 503 g/mol. The molecule has 9 nitrogen and oxygen atoms in total. The number of amides is 1. The first kappa shape index (κ1) is 23.4. The lowest BCUT2D eigenvalue weighted by molar-refractivity contribution is -0.113. The van der Waals surface area contributed by atoms with Crippen LogP contribution in [0, 0.1) is 0 Å². The highest BCUT2D eigenvalue weighted by Gasteiger charge is 2.36. The van der Waals surface area contributed by atoms with Crippen molar-refractivity contribution in [1.82, 2.24) is 14.8 Å². The molecular weight excluding hydrogens is 478 g/mol. The largest absolute Gasteiger partial charge is 0.497 e. The number of para-hydroxylation sites is 2. The van der Waals surface area contributed by atoms with Gasteiger partial charge in [0.1, 0.15) is 23.3 Å². The maximum atomic E-state index is 13.8. The fraction of sp³-hybridized carbons (Fsp3) is 0.192. The Hall–Kier alpha value is -4.31. The molecule has 0 bridgehead atoms. The molecule has 1 aliphatic heterocycles. The molecule has 0 spiro atoms. The van der Waals surface area contributed by atoms with E-state index in [1.807, 2.05) is 48.7 Å². The number of ether oxygens (including phenoxy) is 3. The average molecular weight is 504 g/mol. The Morgan fingerprint density at radius 2 is 1.83 bits per heavy atom. The van der Waals surface area contributed by atoms with Crippen LogP contribution in [0.1, 0.15) is 18.5 Å². The van der Waals surface area contributed by atoms with E-state index in [2.05, 4.69) is 10.6 Å². The zero-order chi connectivity index (χ0) is 25.2. The van der Waals surface area contributed by atoms with Gasteiger partial charge in [-0.05, 0) is 42.6 Å². The zero-order valence-corrected chi connectivity index (χ0v) is 21.1. The first-order chi connectivity index (χ1) is 17.5. The number of anilines is 2. The van der Waals surface area contributed by atoms with Gasteiger partial charge in [0.2, 0.25) is 5.95 Å². The second-order valence-corrected chi connectivity index (χ2v) is 8.96. The first-order valence-electron chi connectivity index (χ1n) is 11.2. The lowest BCUT2D eigenvalue weighted by atomic mass is 9.94. The summed E-state index contributed by atoms with van der Waals surface area (Å²) in [5, 5.41) is 13.0. The Morgan fingerprint density at radius 3 is 2.56 bits per heavy atom. The number of methoxy groups -OCH3 is 3. The Morgan fingerprint density at radius 1 is 1.03 bits per heavy atom. The number of hydrogen-bond acceptors (Lipinski definition) is 8. The number of rotatable bonds is 7. The SMILES string of the molecule is COc1ccc(C2C(C(=O)Nc3ccccc3OC)=C(C)Nc3nc(-c4cccs4)nn32)c(OC)c1. The van der Waals surface area contributed by atoms with Gasteiger partial charge in [-0.2, -0.15) is 4.98 Å². The number of hydrogen-bond donors (Lipinski definition) is 2. The van der Waals surface area contributed by atoms with Gasteiger partial charge in [-0.25, -0.2) is 4.68 Å². The fourth-order valence-corrected chi connectivity index (χ4v) is 4.88. The molecule has 1 aliphatic rings. The molecule has 0 fully saturated rings. The summed E-state index contributed by atoms with van der Waals surface area (Å²) in [6.45, 7) is 1.85. The second kappa shape index (κ2) is 9.74. The number of benzene rings is 2. The van der Waals surface area contributed by atoms with Crippen LogP contribution in [0.3, 0.4) is 0 Å². The number of aromatic nitrogens is 3. The highest BCUT2D eigenvalue weighted by Crippen LogP contribution is 2.42. The molecule has 4 aromatic rings. The van der Waals surface area contributed by atoms with Crippen molar-refractivity contribution < 1.29 is 19.0 Å². The molecule has 1 atom stereocenters. The highest BCUT2D eigenvalue weighted by atomic mass is 32.1. The molecule has 0 radical (unpaired) electrons. The minimum Gasteiger partial charge on any atom is -0.497 e. The summed E-state index contributed by atoms with van der Waals surface area (Å²) in [5.41, 5.74) is 2.44. The number of allylic oxidation sites excluding steroid dienone is 1. The smallest absolute Gasteiger partial charge is 0.255 e. The molecule has 10 heteroatoms. The average Bonchev–Trinajstić information content (AvgIpc) is 3.58. The molecule has 1 unspecified atom stereocenters. The summed E-state index contributed by atoms with van der Waals surface area (Å²) >= 11 is 1.55. The van der Waals surface area contributed by atoms with E-state index in [1.54, 1.807) is 55.5 Å². The number of thiophene rings is 1. The van der Waals surface area contributed by atoms with Gasteiger partial charge in [-0.3, -0.25) is 4.79 Å². The summed E-state index contributed by atoms with van der Waals surface area (Å²) < 4.78 is 18.3. The van der Waals surface area contributed by atoms with Gasteiger partial charge < -0.3 is 24.8 Å². The van der Waals surface area contributed by atoms with Crippen LogP contribution in [0.25, 0.3) is 10.7 Å². The summed E-state index contributed by atoms with van der Waals surface area (Å²) in [4.78, 5) is 19.4.